The van der Waals surface area contributed by atoms with Crippen LogP contribution in [0.2, 0.25) is 0 Å². The van der Waals surface area contributed by atoms with Gasteiger partial charge in [-0.2, -0.15) is 0 Å². The highest BCUT2D eigenvalue weighted by atomic mass is 79.9. The van der Waals surface area contributed by atoms with Crippen molar-refractivity contribution in [2.24, 2.45) is 11.1 Å². The number of piperidine rings is 1. The molecule has 96 valence electrons. The third-order valence-electron chi connectivity index (χ3n) is 3.68. The molecular weight excluding hydrogens is 296 g/mol. The average molecular weight is 317 g/mol. The summed E-state index contributed by atoms with van der Waals surface area (Å²) in [6.45, 7) is 9.99. The molecule has 4 heteroatoms. The fraction of sp³-hybridized carbons (Fsp3) is 0.692. The minimum absolute atomic E-state index is 0.238. The summed E-state index contributed by atoms with van der Waals surface area (Å²) in [5.74, 6) is 0. The smallest absolute Gasteiger partial charge is 0.0730 e. The number of thiophene rings is 1. The highest BCUT2D eigenvalue weighted by Crippen LogP contribution is 2.32. The Balaban J connectivity index is 2.01. The fourth-order valence-corrected chi connectivity index (χ4v) is 4.11. The van der Waals surface area contributed by atoms with Gasteiger partial charge in [-0.3, -0.25) is 4.90 Å². The van der Waals surface area contributed by atoms with Crippen LogP contribution < -0.4 is 5.73 Å². The summed E-state index contributed by atoms with van der Waals surface area (Å²) >= 11 is 5.45. The van der Waals surface area contributed by atoms with Crippen LogP contribution in [-0.2, 0) is 6.54 Å². The molecule has 2 N–H and O–H groups in total. The summed E-state index contributed by atoms with van der Waals surface area (Å²) in [6, 6.07) is 2.63. The molecule has 1 aromatic heterocycles. The molecule has 2 nitrogen and oxygen atoms in total. The Morgan fingerprint density at radius 3 is 2.82 bits per heavy atom. The summed E-state index contributed by atoms with van der Waals surface area (Å²) < 4.78 is 1.26. The minimum Gasteiger partial charge on any atom is -0.327 e. The van der Waals surface area contributed by atoms with Gasteiger partial charge in [0.15, 0.2) is 0 Å². The molecule has 0 aliphatic carbocycles. The van der Waals surface area contributed by atoms with Gasteiger partial charge in [-0.25, -0.2) is 0 Å². The number of hydrogen-bond acceptors (Lipinski definition) is 3. The maximum atomic E-state index is 6.16. The zero-order valence-corrected chi connectivity index (χ0v) is 13.2. The molecule has 0 aromatic carbocycles. The first kappa shape index (κ1) is 13.5. The summed E-state index contributed by atoms with van der Waals surface area (Å²) in [4.78, 5) is 3.97. The Morgan fingerprint density at radius 2 is 2.29 bits per heavy atom. The molecule has 1 unspecified atom stereocenters. The second-order valence-corrected chi connectivity index (χ2v) is 8.22. The van der Waals surface area contributed by atoms with Gasteiger partial charge in [0.1, 0.15) is 0 Å². The van der Waals surface area contributed by atoms with Crippen LogP contribution in [-0.4, -0.2) is 24.0 Å². The lowest BCUT2D eigenvalue weighted by atomic mass is 9.80. The number of halogens is 1. The standard InChI is InChI=1S/C13H21BrN2S/c1-9-6-10(17-12(9)14)7-16-5-4-11(15)13(2,3)8-16/h6,11H,4-5,7-8,15H2,1-3H3. The van der Waals surface area contributed by atoms with E-state index in [0.29, 0.717) is 6.04 Å². The number of hydrogen-bond donors (Lipinski definition) is 1. The predicted molar refractivity (Wildman–Crippen MR) is 78.4 cm³/mol. The van der Waals surface area contributed by atoms with Crippen molar-refractivity contribution in [3.05, 3.63) is 20.3 Å². The van der Waals surface area contributed by atoms with Crippen LogP contribution in [0.4, 0.5) is 0 Å². The molecule has 17 heavy (non-hydrogen) atoms. The van der Waals surface area contributed by atoms with E-state index in [0.717, 1.165) is 26.1 Å². The van der Waals surface area contributed by atoms with Gasteiger partial charge in [-0.05, 0) is 46.3 Å². The second kappa shape index (κ2) is 5.00. The quantitative estimate of drug-likeness (QED) is 0.906. The molecule has 1 aliphatic heterocycles. The minimum atomic E-state index is 0.238. The zero-order valence-electron chi connectivity index (χ0n) is 10.8. The van der Waals surface area contributed by atoms with Crippen molar-refractivity contribution in [1.82, 2.24) is 4.90 Å². The highest BCUT2D eigenvalue weighted by Gasteiger charge is 2.33. The van der Waals surface area contributed by atoms with Gasteiger partial charge in [0.2, 0.25) is 0 Å². The number of nitrogens with zero attached hydrogens (tertiary/aromatic N) is 1. The van der Waals surface area contributed by atoms with Crippen molar-refractivity contribution in [1.29, 1.82) is 0 Å². The normalized spacial score (nSPS) is 25.1. The van der Waals surface area contributed by atoms with Crippen molar-refractivity contribution in [2.75, 3.05) is 13.1 Å². The molecule has 1 aliphatic rings. The van der Waals surface area contributed by atoms with E-state index in [-0.39, 0.29) is 5.41 Å². The van der Waals surface area contributed by atoms with E-state index >= 15 is 0 Å². The summed E-state index contributed by atoms with van der Waals surface area (Å²) in [5.41, 5.74) is 7.75. The molecule has 1 aromatic rings. The third-order valence-corrected chi connectivity index (χ3v) is 5.80. The Bertz CT molecular complexity index is 381. The lowest BCUT2D eigenvalue weighted by Gasteiger charge is -2.42. The number of likely N-dealkylation sites (tertiary alicyclic amines) is 1. The van der Waals surface area contributed by atoms with E-state index in [4.69, 9.17) is 5.73 Å². The lowest BCUT2D eigenvalue weighted by molar-refractivity contribution is 0.0907. The van der Waals surface area contributed by atoms with E-state index in [9.17, 15) is 0 Å². The van der Waals surface area contributed by atoms with Crippen molar-refractivity contribution < 1.29 is 0 Å². The Hall–Kier alpha value is 0.100. The lowest BCUT2D eigenvalue weighted by Crippen LogP contribution is -2.51. The van der Waals surface area contributed by atoms with E-state index in [1.54, 1.807) is 0 Å². The van der Waals surface area contributed by atoms with E-state index in [1.165, 1.54) is 14.2 Å². The fourth-order valence-electron chi connectivity index (χ4n) is 2.44. The molecule has 1 atom stereocenters. The zero-order chi connectivity index (χ0) is 12.6. The van der Waals surface area contributed by atoms with Gasteiger partial charge < -0.3 is 5.73 Å². The van der Waals surface area contributed by atoms with Gasteiger partial charge in [0.25, 0.3) is 0 Å². The largest absolute Gasteiger partial charge is 0.327 e. The van der Waals surface area contributed by atoms with E-state index < -0.39 is 0 Å². The van der Waals surface area contributed by atoms with Gasteiger partial charge in [-0.1, -0.05) is 13.8 Å². The van der Waals surface area contributed by atoms with Crippen molar-refractivity contribution in [3.63, 3.8) is 0 Å². The molecule has 2 heterocycles. The second-order valence-electron chi connectivity index (χ2n) is 5.76. The number of rotatable bonds is 2. The topological polar surface area (TPSA) is 29.3 Å². The van der Waals surface area contributed by atoms with Crippen LogP contribution in [0, 0.1) is 12.3 Å². The first-order chi connectivity index (χ1) is 7.88. The first-order valence-electron chi connectivity index (χ1n) is 6.11. The predicted octanol–water partition coefficient (Wildman–Crippen LogP) is 3.38. The highest BCUT2D eigenvalue weighted by molar-refractivity contribution is 9.11. The molecule has 0 amide bonds. The summed E-state index contributed by atoms with van der Waals surface area (Å²) in [7, 11) is 0. The maximum Gasteiger partial charge on any atom is 0.0730 e. The van der Waals surface area contributed by atoms with Crippen molar-refractivity contribution in [3.8, 4) is 0 Å². The molecule has 0 spiro atoms. The van der Waals surface area contributed by atoms with Crippen molar-refractivity contribution in [2.45, 2.75) is 39.8 Å². The van der Waals surface area contributed by atoms with E-state index in [1.807, 2.05) is 11.3 Å². The van der Waals surface area contributed by atoms with Crippen LogP contribution >= 0.6 is 27.3 Å². The van der Waals surface area contributed by atoms with Crippen LogP contribution in [0.5, 0.6) is 0 Å². The maximum absolute atomic E-state index is 6.16. The van der Waals surface area contributed by atoms with Gasteiger partial charge in [0, 0.05) is 30.6 Å². The Kier molecular flexibility index (Phi) is 3.98. The Labute approximate surface area is 116 Å². The van der Waals surface area contributed by atoms with Gasteiger partial charge >= 0.3 is 0 Å². The average Bonchev–Trinajstić information content (AvgIpc) is 2.52. The number of nitrogens with two attached hydrogens (primary N) is 1. The van der Waals surface area contributed by atoms with Gasteiger partial charge in [-0.15, -0.1) is 11.3 Å². The third kappa shape index (κ3) is 3.11. The first-order valence-corrected chi connectivity index (χ1v) is 7.72. The summed E-state index contributed by atoms with van der Waals surface area (Å²) in [6.07, 6.45) is 1.11. The summed E-state index contributed by atoms with van der Waals surface area (Å²) in [5, 5.41) is 0. The van der Waals surface area contributed by atoms with E-state index in [2.05, 4.69) is 47.7 Å². The molecule has 0 radical (unpaired) electrons. The molecule has 0 bridgehead atoms. The number of aryl methyl sites for hydroxylation is 1. The van der Waals surface area contributed by atoms with Crippen LogP contribution in [0.25, 0.3) is 0 Å². The van der Waals surface area contributed by atoms with Crippen LogP contribution in [0.15, 0.2) is 9.85 Å². The van der Waals surface area contributed by atoms with Crippen LogP contribution in [0.3, 0.4) is 0 Å². The molecule has 0 saturated carbocycles. The SMILES string of the molecule is Cc1cc(CN2CCC(N)C(C)(C)C2)sc1Br. The molecular formula is C13H21BrN2S. The molecule has 1 fully saturated rings. The molecule has 1 saturated heterocycles. The monoisotopic (exact) mass is 316 g/mol. The van der Waals surface area contributed by atoms with Gasteiger partial charge in [0.05, 0.1) is 3.79 Å². The van der Waals surface area contributed by atoms with Crippen molar-refractivity contribution >= 4 is 27.3 Å². The molecule has 2 rings (SSSR count). The Morgan fingerprint density at radius 1 is 1.59 bits per heavy atom. The van der Waals surface area contributed by atoms with Crippen LogP contribution in [0.1, 0.15) is 30.7 Å².